The molecule has 1 aliphatic heterocycles. The lowest BCUT2D eigenvalue weighted by molar-refractivity contribution is 0.0683. The fraction of sp³-hybridized carbons (Fsp3) is 0.250. The highest BCUT2D eigenvalue weighted by molar-refractivity contribution is 5.82. The number of hydrogen-bond donors (Lipinski definition) is 1. The van der Waals surface area contributed by atoms with Gasteiger partial charge < -0.3 is 5.11 Å². The number of fused-ring (bicyclic) bond motifs is 1. The molecule has 2 aromatic rings. The second-order valence-electron chi connectivity index (χ2n) is 4.07. The van der Waals surface area contributed by atoms with Gasteiger partial charge in [-0.15, -0.1) is 5.10 Å². The summed E-state index contributed by atoms with van der Waals surface area (Å²) >= 11 is 0. The van der Waals surface area contributed by atoms with Crippen LogP contribution in [0, 0.1) is 0 Å². The van der Waals surface area contributed by atoms with Crippen LogP contribution < -0.4 is 0 Å². The number of aromatic nitrogens is 3. The molecule has 0 bridgehead atoms. The Bertz CT molecular complexity index is 562. The maximum atomic E-state index is 10.8. The SMILES string of the molecule is O=C(O)c1nc2n(n1)C(c1ccccc1)CC2. The van der Waals surface area contributed by atoms with Crippen LogP contribution in [-0.4, -0.2) is 25.8 Å². The van der Waals surface area contributed by atoms with E-state index in [0.717, 1.165) is 24.2 Å². The lowest BCUT2D eigenvalue weighted by Crippen LogP contribution is -2.09. The van der Waals surface area contributed by atoms with Crippen LogP contribution >= 0.6 is 0 Å². The largest absolute Gasteiger partial charge is 0.475 e. The summed E-state index contributed by atoms with van der Waals surface area (Å²) in [6, 6.07) is 10.1. The van der Waals surface area contributed by atoms with Crippen molar-refractivity contribution in [3.8, 4) is 0 Å². The minimum absolute atomic E-state index is 0.111. The summed E-state index contributed by atoms with van der Waals surface area (Å²) in [5, 5.41) is 12.9. The number of carboxylic acids is 1. The molecule has 1 N–H and O–H groups in total. The molecular formula is C12H11N3O2. The number of carbonyl (C=O) groups is 1. The maximum absolute atomic E-state index is 10.8. The summed E-state index contributed by atoms with van der Waals surface area (Å²) in [5.74, 6) is -0.421. The number of aromatic carboxylic acids is 1. The van der Waals surface area contributed by atoms with Gasteiger partial charge in [0.05, 0.1) is 6.04 Å². The predicted molar refractivity (Wildman–Crippen MR) is 59.9 cm³/mol. The molecule has 0 fully saturated rings. The van der Waals surface area contributed by atoms with E-state index in [9.17, 15) is 4.79 Å². The van der Waals surface area contributed by atoms with Gasteiger partial charge in [-0.05, 0) is 12.0 Å². The highest BCUT2D eigenvalue weighted by atomic mass is 16.4. The van der Waals surface area contributed by atoms with Crippen molar-refractivity contribution >= 4 is 5.97 Å². The van der Waals surface area contributed by atoms with Crippen LogP contribution in [0.5, 0.6) is 0 Å². The van der Waals surface area contributed by atoms with Gasteiger partial charge >= 0.3 is 5.97 Å². The highest BCUT2D eigenvalue weighted by Crippen LogP contribution is 2.29. The zero-order valence-electron chi connectivity index (χ0n) is 9.08. The molecular weight excluding hydrogens is 218 g/mol. The van der Waals surface area contributed by atoms with E-state index in [1.807, 2.05) is 30.3 Å². The fourth-order valence-electron chi connectivity index (χ4n) is 2.24. The van der Waals surface area contributed by atoms with Crippen molar-refractivity contribution in [3.05, 3.63) is 47.5 Å². The predicted octanol–water partition coefficient (Wildman–Crippen LogP) is 1.51. The molecule has 86 valence electrons. The third-order valence-electron chi connectivity index (χ3n) is 3.01. The Morgan fingerprint density at radius 1 is 1.35 bits per heavy atom. The molecule has 0 amide bonds. The van der Waals surface area contributed by atoms with Crippen LogP contribution in [-0.2, 0) is 6.42 Å². The molecule has 5 heteroatoms. The van der Waals surface area contributed by atoms with Crippen molar-refractivity contribution in [2.24, 2.45) is 0 Å². The molecule has 2 heterocycles. The Balaban J connectivity index is 2.01. The van der Waals surface area contributed by atoms with E-state index < -0.39 is 5.97 Å². The number of benzene rings is 1. The lowest BCUT2D eigenvalue weighted by atomic mass is 10.1. The molecule has 0 saturated carbocycles. The number of carboxylic acid groups (broad SMARTS) is 1. The zero-order chi connectivity index (χ0) is 11.8. The molecule has 1 atom stereocenters. The summed E-state index contributed by atoms with van der Waals surface area (Å²) in [6.07, 6.45) is 1.71. The fourth-order valence-corrected chi connectivity index (χ4v) is 2.24. The van der Waals surface area contributed by atoms with Gasteiger partial charge in [-0.25, -0.2) is 14.5 Å². The van der Waals surface area contributed by atoms with Gasteiger partial charge in [-0.3, -0.25) is 0 Å². The average Bonchev–Trinajstić information content (AvgIpc) is 2.89. The Morgan fingerprint density at radius 2 is 2.12 bits per heavy atom. The summed E-state index contributed by atoms with van der Waals surface area (Å²) in [7, 11) is 0. The van der Waals surface area contributed by atoms with Crippen LogP contribution in [0.2, 0.25) is 0 Å². The van der Waals surface area contributed by atoms with E-state index in [1.165, 1.54) is 0 Å². The molecule has 5 nitrogen and oxygen atoms in total. The van der Waals surface area contributed by atoms with E-state index in [-0.39, 0.29) is 11.9 Å². The van der Waals surface area contributed by atoms with E-state index >= 15 is 0 Å². The first-order valence-corrected chi connectivity index (χ1v) is 5.49. The van der Waals surface area contributed by atoms with Gasteiger partial charge in [0.15, 0.2) is 0 Å². The molecule has 1 aromatic carbocycles. The van der Waals surface area contributed by atoms with Crippen molar-refractivity contribution in [2.45, 2.75) is 18.9 Å². The van der Waals surface area contributed by atoms with E-state index in [0.29, 0.717) is 0 Å². The highest BCUT2D eigenvalue weighted by Gasteiger charge is 2.28. The summed E-state index contributed by atoms with van der Waals surface area (Å²) in [5.41, 5.74) is 1.15. The first-order valence-electron chi connectivity index (χ1n) is 5.49. The third-order valence-corrected chi connectivity index (χ3v) is 3.01. The van der Waals surface area contributed by atoms with Crippen LogP contribution in [0.4, 0.5) is 0 Å². The van der Waals surface area contributed by atoms with Crippen molar-refractivity contribution in [2.75, 3.05) is 0 Å². The lowest BCUT2D eigenvalue weighted by Gasteiger charge is -2.11. The molecule has 3 rings (SSSR count). The molecule has 17 heavy (non-hydrogen) atoms. The monoisotopic (exact) mass is 229 g/mol. The molecule has 1 unspecified atom stereocenters. The number of nitrogens with zero attached hydrogens (tertiary/aromatic N) is 3. The van der Waals surface area contributed by atoms with Gasteiger partial charge in [-0.1, -0.05) is 30.3 Å². The number of hydrogen-bond acceptors (Lipinski definition) is 3. The van der Waals surface area contributed by atoms with E-state index in [4.69, 9.17) is 5.11 Å². The second-order valence-corrected chi connectivity index (χ2v) is 4.07. The minimum atomic E-state index is -1.07. The van der Waals surface area contributed by atoms with Crippen LogP contribution in [0.15, 0.2) is 30.3 Å². The zero-order valence-corrected chi connectivity index (χ0v) is 9.08. The first-order chi connectivity index (χ1) is 8.25. The van der Waals surface area contributed by atoms with Gasteiger partial charge in [0.1, 0.15) is 5.82 Å². The molecule has 0 radical (unpaired) electrons. The molecule has 0 saturated heterocycles. The van der Waals surface area contributed by atoms with Crippen molar-refractivity contribution < 1.29 is 9.90 Å². The van der Waals surface area contributed by atoms with Crippen LogP contribution in [0.1, 0.15) is 34.5 Å². The number of aryl methyl sites for hydroxylation is 1. The smallest absolute Gasteiger partial charge is 0.375 e. The van der Waals surface area contributed by atoms with E-state index in [1.54, 1.807) is 4.68 Å². The van der Waals surface area contributed by atoms with Gasteiger partial charge in [-0.2, -0.15) is 0 Å². The van der Waals surface area contributed by atoms with Crippen molar-refractivity contribution in [1.29, 1.82) is 0 Å². The molecule has 0 aliphatic carbocycles. The first kappa shape index (κ1) is 10.0. The minimum Gasteiger partial charge on any atom is -0.475 e. The molecule has 1 aromatic heterocycles. The normalized spacial score (nSPS) is 18.0. The number of rotatable bonds is 2. The van der Waals surface area contributed by atoms with Gasteiger partial charge in [0.2, 0.25) is 0 Å². The van der Waals surface area contributed by atoms with E-state index in [2.05, 4.69) is 10.1 Å². The van der Waals surface area contributed by atoms with Crippen LogP contribution in [0.3, 0.4) is 0 Å². The van der Waals surface area contributed by atoms with Crippen molar-refractivity contribution in [1.82, 2.24) is 14.8 Å². The summed E-state index contributed by atoms with van der Waals surface area (Å²) in [4.78, 5) is 14.8. The Morgan fingerprint density at radius 3 is 2.82 bits per heavy atom. The Labute approximate surface area is 97.7 Å². The third kappa shape index (κ3) is 1.60. The quantitative estimate of drug-likeness (QED) is 0.847. The summed E-state index contributed by atoms with van der Waals surface area (Å²) in [6.45, 7) is 0. The molecule has 1 aliphatic rings. The summed E-state index contributed by atoms with van der Waals surface area (Å²) < 4.78 is 1.73. The van der Waals surface area contributed by atoms with Gasteiger partial charge in [0, 0.05) is 6.42 Å². The molecule has 0 spiro atoms. The van der Waals surface area contributed by atoms with Gasteiger partial charge in [0.25, 0.3) is 5.82 Å². The Hall–Kier alpha value is -2.17. The average molecular weight is 229 g/mol. The standard InChI is InChI=1S/C12H11N3O2/c16-12(17)11-13-10-7-6-9(15(10)14-11)8-4-2-1-3-5-8/h1-5,9H,6-7H2,(H,16,17). The topological polar surface area (TPSA) is 68.0 Å². The van der Waals surface area contributed by atoms with Crippen LogP contribution in [0.25, 0.3) is 0 Å². The second kappa shape index (κ2) is 3.69. The van der Waals surface area contributed by atoms with Crippen molar-refractivity contribution in [3.63, 3.8) is 0 Å². The Kier molecular flexibility index (Phi) is 2.18. The maximum Gasteiger partial charge on any atom is 0.375 e.